The lowest BCUT2D eigenvalue weighted by Gasteiger charge is -2.29. The van der Waals surface area contributed by atoms with E-state index in [0.717, 1.165) is 44.6 Å². The minimum atomic E-state index is -0.417. The Morgan fingerprint density at radius 3 is 2.24 bits per heavy atom. The number of nitrogens with one attached hydrogen (secondary N) is 1. The number of thiazole rings is 1. The molecular formula is C49H63N3O5S. The zero-order valence-electron chi connectivity index (χ0n) is 35.0. The van der Waals surface area contributed by atoms with Gasteiger partial charge in [0.05, 0.1) is 29.6 Å². The molecule has 2 aliphatic carbocycles. The zero-order chi connectivity index (χ0) is 41.7. The SMILES string of the molecule is C1CCC1.C=CC(=O)OCC(COc1ccc(C(=C)Oc2ccc(C3CCC(CCC)CC3)cc2/C=N/Nc2nc3ccccc3s2)cc1)C(C)CC.C=CC(C)=O. The second kappa shape index (κ2) is 24.7. The maximum Gasteiger partial charge on any atom is 0.330 e. The predicted molar refractivity (Wildman–Crippen MR) is 242 cm³/mol. The summed E-state index contributed by atoms with van der Waals surface area (Å²) in [6.07, 6.45) is 18.8. The highest BCUT2D eigenvalue weighted by molar-refractivity contribution is 7.22. The Morgan fingerprint density at radius 1 is 0.948 bits per heavy atom. The van der Waals surface area contributed by atoms with E-state index in [1.165, 1.54) is 88.8 Å². The van der Waals surface area contributed by atoms with Crippen LogP contribution in [0.2, 0.25) is 0 Å². The van der Waals surface area contributed by atoms with Gasteiger partial charge in [-0.2, -0.15) is 5.10 Å². The van der Waals surface area contributed by atoms with Crippen LogP contribution in [0, 0.1) is 17.8 Å². The molecular weight excluding hydrogens is 743 g/mol. The number of rotatable bonds is 18. The lowest BCUT2D eigenvalue weighted by Crippen LogP contribution is -2.25. The molecule has 2 saturated carbocycles. The van der Waals surface area contributed by atoms with Crippen LogP contribution in [0.25, 0.3) is 16.0 Å². The molecule has 1 aromatic heterocycles. The van der Waals surface area contributed by atoms with Gasteiger partial charge in [-0.1, -0.05) is 115 Å². The van der Waals surface area contributed by atoms with Crippen LogP contribution in [0.3, 0.4) is 0 Å². The smallest absolute Gasteiger partial charge is 0.330 e. The third-order valence-corrected chi connectivity index (χ3v) is 11.9. The fraction of sp³-hybridized carbons (Fsp3) is 0.429. The van der Waals surface area contributed by atoms with E-state index in [9.17, 15) is 9.59 Å². The third-order valence-electron chi connectivity index (χ3n) is 10.9. The van der Waals surface area contributed by atoms with Crippen LogP contribution < -0.4 is 14.9 Å². The van der Waals surface area contributed by atoms with E-state index in [4.69, 9.17) is 14.2 Å². The number of benzene rings is 3. The van der Waals surface area contributed by atoms with Gasteiger partial charge in [-0.3, -0.25) is 10.2 Å². The molecule has 9 heteroatoms. The van der Waals surface area contributed by atoms with Crippen molar-refractivity contribution in [2.24, 2.45) is 22.9 Å². The Kier molecular flexibility index (Phi) is 19.4. The molecule has 58 heavy (non-hydrogen) atoms. The summed E-state index contributed by atoms with van der Waals surface area (Å²) in [5, 5.41) is 5.32. The van der Waals surface area contributed by atoms with Gasteiger partial charge in [0.25, 0.3) is 0 Å². The number of ether oxygens (including phenoxy) is 3. The van der Waals surface area contributed by atoms with Crippen LogP contribution in [0.4, 0.5) is 5.13 Å². The largest absolute Gasteiger partial charge is 0.493 e. The molecule has 2 aliphatic rings. The summed E-state index contributed by atoms with van der Waals surface area (Å²) >= 11 is 1.57. The molecule has 8 nitrogen and oxygen atoms in total. The zero-order valence-corrected chi connectivity index (χ0v) is 35.9. The number of ketones is 1. The number of carbonyl (C=O) groups excluding carboxylic acids is 2. The molecule has 0 radical (unpaired) electrons. The first-order valence-electron chi connectivity index (χ1n) is 20.9. The fourth-order valence-corrected chi connectivity index (χ4v) is 7.44. The van der Waals surface area contributed by atoms with Crippen molar-refractivity contribution in [1.82, 2.24) is 4.98 Å². The Hall–Kier alpha value is -5.02. The van der Waals surface area contributed by atoms with E-state index >= 15 is 0 Å². The Labute approximate surface area is 350 Å². The molecule has 4 aromatic rings. The van der Waals surface area contributed by atoms with Gasteiger partial charge in [-0.25, -0.2) is 9.78 Å². The fourth-order valence-electron chi connectivity index (χ4n) is 6.62. The van der Waals surface area contributed by atoms with E-state index in [-0.39, 0.29) is 11.7 Å². The summed E-state index contributed by atoms with van der Waals surface area (Å²) in [4.78, 5) is 25.9. The number of anilines is 1. The van der Waals surface area contributed by atoms with Gasteiger partial charge < -0.3 is 14.2 Å². The highest BCUT2D eigenvalue weighted by Crippen LogP contribution is 2.39. The van der Waals surface area contributed by atoms with Crippen molar-refractivity contribution in [2.75, 3.05) is 18.6 Å². The summed E-state index contributed by atoms with van der Waals surface area (Å²) < 4.78 is 18.9. The van der Waals surface area contributed by atoms with Crippen LogP contribution in [0.15, 0.2) is 104 Å². The van der Waals surface area contributed by atoms with Crippen LogP contribution >= 0.6 is 11.3 Å². The summed E-state index contributed by atoms with van der Waals surface area (Å²) in [6.45, 7) is 19.7. The number of fused-ring (bicyclic) bond motifs is 1. The van der Waals surface area contributed by atoms with Gasteiger partial charge in [-0.05, 0) is 111 Å². The number of hydrogen-bond acceptors (Lipinski definition) is 9. The second-order valence-corrected chi connectivity index (χ2v) is 16.3. The maximum absolute atomic E-state index is 11.6. The van der Waals surface area contributed by atoms with Gasteiger partial charge in [0.2, 0.25) is 5.13 Å². The molecule has 0 amide bonds. The molecule has 0 bridgehead atoms. The molecule has 2 fully saturated rings. The minimum Gasteiger partial charge on any atom is -0.493 e. The molecule has 0 aliphatic heterocycles. The number of aromatic nitrogens is 1. The van der Waals surface area contributed by atoms with Crippen LogP contribution in [-0.4, -0.2) is 36.2 Å². The molecule has 1 heterocycles. The number of allylic oxidation sites excluding steroid dienone is 1. The molecule has 2 unspecified atom stereocenters. The molecule has 0 saturated heterocycles. The topological polar surface area (TPSA) is 99.1 Å². The van der Waals surface area contributed by atoms with Gasteiger partial charge >= 0.3 is 5.97 Å². The summed E-state index contributed by atoms with van der Waals surface area (Å²) in [7, 11) is 0. The second-order valence-electron chi connectivity index (χ2n) is 15.2. The molecule has 1 N–H and O–H groups in total. The molecule has 3 aromatic carbocycles. The average Bonchev–Trinajstić information content (AvgIpc) is 3.64. The third kappa shape index (κ3) is 15.1. The van der Waals surface area contributed by atoms with E-state index in [1.807, 2.05) is 54.7 Å². The van der Waals surface area contributed by atoms with Crippen LogP contribution in [-0.2, 0) is 14.3 Å². The minimum absolute atomic E-state index is 0.0185. The number of hydrazone groups is 1. The van der Waals surface area contributed by atoms with Gasteiger partial charge in [0.1, 0.15) is 17.3 Å². The lowest BCUT2D eigenvalue weighted by molar-refractivity contribution is -0.140. The summed E-state index contributed by atoms with van der Waals surface area (Å²) in [6, 6.07) is 22.2. The molecule has 6 rings (SSSR count). The van der Waals surface area contributed by atoms with Crippen LogP contribution in [0.5, 0.6) is 11.5 Å². The number of hydrogen-bond donors (Lipinski definition) is 1. The maximum atomic E-state index is 11.6. The monoisotopic (exact) mass is 805 g/mol. The summed E-state index contributed by atoms with van der Waals surface area (Å²) in [5.74, 6) is 3.35. The van der Waals surface area contributed by atoms with Crippen molar-refractivity contribution in [1.29, 1.82) is 0 Å². The predicted octanol–water partition coefficient (Wildman–Crippen LogP) is 13.0. The van der Waals surface area contributed by atoms with E-state index in [1.54, 1.807) is 11.3 Å². The molecule has 310 valence electrons. The van der Waals surface area contributed by atoms with Gasteiger partial charge in [0.15, 0.2) is 5.78 Å². The van der Waals surface area contributed by atoms with Crippen molar-refractivity contribution in [3.63, 3.8) is 0 Å². The molecule has 0 spiro atoms. The Balaban J connectivity index is 0.000000737. The number of esters is 1. The molecule has 2 atom stereocenters. The van der Waals surface area contributed by atoms with E-state index in [2.05, 4.69) is 74.2 Å². The summed E-state index contributed by atoms with van der Waals surface area (Å²) in [5.41, 5.74) is 7.13. The van der Waals surface area contributed by atoms with Crippen molar-refractivity contribution in [3.8, 4) is 11.5 Å². The first-order valence-corrected chi connectivity index (χ1v) is 21.8. The van der Waals surface area contributed by atoms with Crippen molar-refractivity contribution in [2.45, 2.75) is 104 Å². The van der Waals surface area contributed by atoms with Crippen molar-refractivity contribution in [3.05, 3.63) is 115 Å². The van der Waals surface area contributed by atoms with E-state index < -0.39 is 5.97 Å². The highest BCUT2D eigenvalue weighted by atomic mass is 32.1. The first-order chi connectivity index (χ1) is 28.1. The Bertz CT molecular complexity index is 1900. The normalized spacial score (nSPS) is 16.9. The van der Waals surface area contributed by atoms with Gasteiger partial charge in [0, 0.05) is 23.1 Å². The average molecular weight is 806 g/mol. The number of carbonyl (C=O) groups is 2. The standard InChI is InChI=1S/C41H49N3O4S.C4H6O.C4H8/c1-6-11-30-14-16-32(17-15-30)33-20-23-38(34(24-33)25-42-44-41-43-37-12-9-10-13-39(37)49-41)48-29(5)31-18-21-36(22-19-31)46-26-35(28(4)7-2)27-47-40(45)8-3;1-3-4(2)5;1-2-4-3-1/h8-10,12-13,18-25,28,30,32,35H,3,5-7,11,14-17,26-27H2,1-2,4H3,(H,43,44);3H,1H2,2H3;1-4H2/b42-25+;;. The van der Waals surface area contributed by atoms with Gasteiger partial charge in [-0.15, -0.1) is 0 Å². The van der Waals surface area contributed by atoms with Crippen molar-refractivity contribution >= 4 is 50.4 Å². The lowest BCUT2D eigenvalue weighted by atomic mass is 9.77. The highest BCUT2D eigenvalue weighted by Gasteiger charge is 2.23. The quantitative estimate of drug-likeness (QED) is 0.0351. The van der Waals surface area contributed by atoms with Crippen molar-refractivity contribution < 1.29 is 23.8 Å². The number of para-hydroxylation sites is 1. The Morgan fingerprint density at radius 2 is 1.64 bits per heavy atom. The number of nitrogens with zero attached hydrogens (tertiary/aromatic N) is 2. The van der Waals surface area contributed by atoms with E-state index in [0.29, 0.717) is 36.6 Å². The van der Waals surface area contributed by atoms with Crippen LogP contribution in [0.1, 0.15) is 121 Å². The first kappa shape index (κ1) is 45.7.